The van der Waals surface area contributed by atoms with Crippen molar-refractivity contribution < 1.29 is 31.2 Å². The summed E-state index contributed by atoms with van der Waals surface area (Å²) in [5, 5.41) is 1.35. The van der Waals surface area contributed by atoms with Crippen LogP contribution in [-0.2, 0) is 14.6 Å². The van der Waals surface area contributed by atoms with E-state index in [1.807, 2.05) is 6.92 Å². The topological polar surface area (TPSA) is 80.3 Å². The van der Waals surface area contributed by atoms with E-state index < -0.39 is 38.4 Å². The Balaban J connectivity index is 1.61. The smallest absolute Gasteiger partial charge is 0.255 e. The number of carbonyl (C=O) groups is 2. The molecule has 2 fully saturated rings. The van der Waals surface area contributed by atoms with Crippen molar-refractivity contribution in [3.63, 3.8) is 0 Å². The molecule has 2 aromatic carbocycles. The lowest BCUT2D eigenvalue weighted by Gasteiger charge is -2.27. The number of anilines is 1. The van der Waals surface area contributed by atoms with Gasteiger partial charge in [-0.3, -0.25) is 9.59 Å². The summed E-state index contributed by atoms with van der Waals surface area (Å²) >= 11 is 6.15. The van der Waals surface area contributed by atoms with Crippen molar-refractivity contribution in [1.29, 1.82) is 0 Å². The van der Waals surface area contributed by atoms with E-state index in [0.29, 0.717) is 18.6 Å². The monoisotopic (exact) mass is 485 g/mol. The molecule has 1 N–H and O–H groups in total. The second kappa shape index (κ2) is 8.19. The zero-order valence-electron chi connectivity index (χ0n) is 16.9. The van der Waals surface area contributed by atoms with Crippen molar-refractivity contribution in [2.75, 3.05) is 5.32 Å². The number of rotatable bonds is 4. The predicted octanol–water partition coefficient (Wildman–Crippen LogP) is 4.79. The molecule has 1 amide bonds. The highest BCUT2D eigenvalue weighted by Crippen LogP contribution is 2.46. The summed E-state index contributed by atoms with van der Waals surface area (Å²) in [6.07, 6.45) is 1.08. The molecule has 0 heterocycles. The molecule has 4 atom stereocenters. The minimum atomic E-state index is -3.95. The van der Waals surface area contributed by atoms with Gasteiger partial charge >= 0.3 is 0 Å². The van der Waals surface area contributed by atoms with Crippen LogP contribution in [0.4, 0.5) is 18.9 Å². The molecule has 2 saturated carbocycles. The molecule has 0 aliphatic heterocycles. The van der Waals surface area contributed by atoms with Gasteiger partial charge in [0.05, 0.1) is 15.2 Å². The average molecular weight is 486 g/mol. The summed E-state index contributed by atoms with van der Waals surface area (Å²) in [6.45, 7) is 1.94. The number of halogens is 4. The molecule has 2 unspecified atom stereocenters. The summed E-state index contributed by atoms with van der Waals surface area (Å²) < 4.78 is 66.6. The van der Waals surface area contributed by atoms with E-state index in [4.69, 9.17) is 11.6 Å². The van der Waals surface area contributed by atoms with E-state index in [0.717, 1.165) is 6.07 Å². The summed E-state index contributed by atoms with van der Waals surface area (Å²) in [5.41, 5.74) is -0.441. The van der Waals surface area contributed by atoms with E-state index in [1.54, 1.807) is 0 Å². The standard InChI is InChI=1S/C22H19ClF3NO4S/c1-10-4-12-5-14(9-15(10)21(12)28)32(30,31)19-6-11(2-3-16(19)23)22(29)27-13-7-17(24)20(26)18(25)8-13/h2-3,6-8,10,12,14-15H,4-5,9H2,1H3,(H,27,29)/t10-,12?,14-,15?/m0/s1. The van der Waals surface area contributed by atoms with E-state index >= 15 is 0 Å². The molecule has 0 spiro atoms. The summed E-state index contributed by atoms with van der Waals surface area (Å²) in [5.74, 6) is -5.84. The molecule has 2 aliphatic carbocycles. The van der Waals surface area contributed by atoms with Crippen LogP contribution in [0.2, 0.25) is 5.02 Å². The Morgan fingerprint density at radius 2 is 1.72 bits per heavy atom. The first-order valence-corrected chi connectivity index (χ1v) is 11.9. The van der Waals surface area contributed by atoms with Gasteiger partial charge in [-0.25, -0.2) is 21.6 Å². The summed E-state index contributed by atoms with van der Waals surface area (Å²) in [7, 11) is -3.95. The highest BCUT2D eigenvalue weighted by Gasteiger charge is 2.49. The number of ketones is 1. The van der Waals surface area contributed by atoms with Gasteiger partial charge in [-0.2, -0.15) is 0 Å². The van der Waals surface area contributed by atoms with Gasteiger partial charge in [-0.05, 0) is 43.4 Å². The van der Waals surface area contributed by atoms with Crippen LogP contribution in [0.1, 0.15) is 36.5 Å². The zero-order chi connectivity index (χ0) is 23.4. The number of hydrogen-bond acceptors (Lipinski definition) is 4. The molecule has 5 nitrogen and oxygen atoms in total. The van der Waals surface area contributed by atoms with Crippen molar-refractivity contribution >= 4 is 38.8 Å². The van der Waals surface area contributed by atoms with Crippen LogP contribution in [-0.4, -0.2) is 25.4 Å². The second-order valence-corrected chi connectivity index (χ2v) is 11.0. The van der Waals surface area contributed by atoms with Crippen molar-refractivity contribution in [3.05, 3.63) is 58.4 Å². The normalized spacial score (nSPS) is 25.1. The van der Waals surface area contributed by atoms with Crippen LogP contribution in [0, 0.1) is 35.2 Å². The Bertz CT molecular complexity index is 1210. The first-order valence-electron chi connectivity index (χ1n) is 10.0. The van der Waals surface area contributed by atoms with Gasteiger partial charge in [0.15, 0.2) is 27.3 Å². The van der Waals surface area contributed by atoms with Crippen LogP contribution in [0.15, 0.2) is 35.2 Å². The average Bonchev–Trinajstić information content (AvgIpc) is 2.87. The maximum atomic E-state index is 13.4. The molecule has 10 heteroatoms. The van der Waals surface area contributed by atoms with Gasteiger partial charge in [0.2, 0.25) is 0 Å². The van der Waals surface area contributed by atoms with Gasteiger partial charge in [0.1, 0.15) is 5.78 Å². The van der Waals surface area contributed by atoms with Crippen molar-refractivity contribution in [3.8, 4) is 0 Å². The molecule has 2 aromatic rings. The molecular formula is C22H19ClF3NO4S. The quantitative estimate of drug-likeness (QED) is 0.632. The van der Waals surface area contributed by atoms with Crippen molar-refractivity contribution in [2.45, 2.75) is 36.3 Å². The Morgan fingerprint density at radius 1 is 1.06 bits per heavy atom. The lowest BCUT2D eigenvalue weighted by molar-refractivity contribution is -0.126. The molecule has 0 radical (unpaired) electrons. The van der Waals surface area contributed by atoms with Gasteiger partial charge in [-0.15, -0.1) is 0 Å². The highest BCUT2D eigenvalue weighted by molar-refractivity contribution is 7.92. The van der Waals surface area contributed by atoms with Crippen LogP contribution in [0.5, 0.6) is 0 Å². The fourth-order valence-corrected chi connectivity index (χ4v) is 7.07. The number of Topliss-reactive ketones (excluding diaryl/α,β-unsaturated/α-hetero) is 1. The summed E-state index contributed by atoms with van der Waals surface area (Å²) in [4.78, 5) is 24.6. The SMILES string of the molecule is C[C@H]1CC2C[C@H](S(=O)(=O)c3cc(C(=O)Nc4cc(F)c(F)c(F)c4)ccc3Cl)CC1C2=O. The molecule has 2 bridgehead atoms. The number of fused-ring (bicyclic) bond motifs is 2. The minimum Gasteiger partial charge on any atom is -0.322 e. The van der Waals surface area contributed by atoms with Crippen LogP contribution in [0.25, 0.3) is 0 Å². The third kappa shape index (κ3) is 3.92. The van der Waals surface area contributed by atoms with E-state index in [9.17, 15) is 31.2 Å². The minimum absolute atomic E-state index is 0.0716. The molecule has 170 valence electrons. The number of benzene rings is 2. The number of amides is 1. The summed E-state index contributed by atoms with van der Waals surface area (Å²) in [6, 6.07) is 4.84. The third-order valence-corrected chi connectivity index (χ3v) is 9.01. The molecule has 0 saturated heterocycles. The number of carbonyl (C=O) groups excluding carboxylic acids is 2. The third-order valence-electron chi connectivity index (χ3n) is 6.36. The lowest BCUT2D eigenvalue weighted by atomic mass is 9.86. The number of hydrogen-bond donors (Lipinski definition) is 1. The van der Waals surface area contributed by atoms with Crippen molar-refractivity contribution in [1.82, 2.24) is 0 Å². The number of sulfone groups is 1. The maximum absolute atomic E-state index is 13.4. The van der Waals surface area contributed by atoms with E-state index in [2.05, 4.69) is 5.32 Å². The number of nitrogens with one attached hydrogen (secondary N) is 1. The Morgan fingerprint density at radius 3 is 2.34 bits per heavy atom. The Kier molecular flexibility index (Phi) is 5.83. The van der Waals surface area contributed by atoms with Gasteiger partial charge in [0.25, 0.3) is 5.91 Å². The Labute approximate surface area is 187 Å². The Hall–Kier alpha value is -2.39. The first-order chi connectivity index (χ1) is 15.0. The van der Waals surface area contributed by atoms with Gasteiger partial charge < -0.3 is 5.32 Å². The van der Waals surface area contributed by atoms with Gasteiger partial charge in [-0.1, -0.05) is 18.5 Å². The zero-order valence-corrected chi connectivity index (χ0v) is 18.4. The van der Waals surface area contributed by atoms with Crippen LogP contribution < -0.4 is 5.32 Å². The molecule has 4 rings (SSSR count). The van der Waals surface area contributed by atoms with Crippen LogP contribution >= 0.6 is 11.6 Å². The maximum Gasteiger partial charge on any atom is 0.255 e. The first kappa shape index (κ1) is 22.8. The fraction of sp³-hybridized carbons (Fsp3) is 0.364. The second-order valence-electron chi connectivity index (χ2n) is 8.41. The lowest BCUT2D eigenvalue weighted by Crippen LogP contribution is -2.35. The molecule has 32 heavy (non-hydrogen) atoms. The molecule has 2 aliphatic rings. The van der Waals surface area contributed by atoms with E-state index in [-0.39, 0.29) is 57.5 Å². The largest absolute Gasteiger partial charge is 0.322 e. The van der Waals surface area contributed by atoms with Crippen LogP contribution in [0.3, 0.4) is 0 Å². The molecular weight excluding hydrogens is 467 g/mol. The highest BCUT2D eigenvalue weighted by atomic mass is 35.5. The fourth-order valence-electron chi connectivity index (χ4n) is 4.70. The van der Waals surface area contributed by atoms with Gasteiger partial charge in [0, 0.05) is 35.2 Å². The molecule has 0 aromatic heterocycles. The van der Waals surface area contributed by atoms with E-state index in [1.165, 1.54) is 12.1 Å². The predicted molar refractivity (Wildman–Crippen MR) is 112 cm³/mol. The van der Waals surface area contributed by atoms with Crippen molar-refractivity contribution in [2.24, 2.45) is 17.8 Å².